The Labute approximate surface area is 126 Å². The molecule has 102 valence electrons. The highest BCUT2D eigenvalue weighted by atomic mass is 127. The van der Waals surface area contributed by atoms with Crippen LogP contribution in [0.1, 0.15) is 26.7 Å². The van der Waals surface area contributed by atoms with Crippen LogP contribution in [0.4, 0.5) is 4.79 Å². The van der Waals surface area contributed by atoms with Gasteiger partial charge in [0.1, 0.15) is 12.4 Å². The van der Waals surface area contributed by atoms with Crippen molar-refractivity contribution < 1.29 is 33.3 Å². The number of carbonyl (C=O) groups is 1. The lowest BCUT2D eigenvalue weighted by Crippen LogP contribution is -3.00. The number of imidazole rings is 1. The quantitative estimate of drug-likeness (QED) is 0.448. The fraction of sp³-hybridized carbons (Fsp3) is 0.692. The first-order chi connectivity index (χ1) is 8.08. The molecule has 1 saturated heterocycles. The molecule has 0 bridgehead atoms. The van der Waals surface area contributed by atoms with Crippen LogP contribution >= 0.6 is 0 Å². The molecule has 2 rings (SSSR count). The van der Waals surface area contributed by atoms with Crippen LogP contribution < -0.4 is 28.5 Å². The van der Waals surface area contributed by atoms with Crippen molar-refractivity contribution in [3.63, 3.8) is 0 Å². The van der Waals surface area contributed by atoms with E-state index in [-0.39, 0.29) is 30.0 Å². The van der Waals surface area contributed by atoms with Crippen molar-refractivity contribution in [2.24, 2.45) is 18.9 Å². The molecule has 1 amide bonds. The number of likely N-dealkylation sites (tertiary alicyclic amines) is 1. The minimum Gasteiger partial charge on any atom is -1.00 e. The largest absolute Gasteiger partial charge is 1.00 e. The summed E-state index contributed by atoms with van der Waals surface area (Å²) in [7, 11) is 1.93. The molecule has 1 aromatic rings. The van der Waals surface area contributed by atoms with Gasteiger partial charge in [0.15, 0.2) is 0 Å². The van der Waals surface area contributed by atoms with E-state index < -0.39 is 0 Å². The third-order valence-corrected chi connectivity index (χ3v) is 3.74. The van der Waals surface area contributed by atoms with Gasteiger partial charge in [0.05, 0.1) is 7.05 Å². The molecular weight excluding hydrogens is 341 g/mol. The molecule has 0 aliphatic carbocycles. The molecule has 0 unspecified atom stereocenters. The van der Waals surface area contributed by atoms with Crippen molar-refractivity contribution in [1.82, 2.24) is 9.47 Å². The van der Waals surface area contributed by atoms with E-state index >= 15 is 0 Å². The number of halogens is 1. The third kappa shape index (κ3) is 3.46. The molecule has 1 aliphatic rings. The molecule has 0 radical (unpaired) electrons. The number of hydrogen-bond acceptors (Lipinski definition) is 1. The van der Waals surface area contributed by atoms with Gasteiger partial charge in [-0.2, -0.15) is 4.57 Å². The fourth-order valence-corrected chi connectivity index (χ4v) is 2.48. The Morgan fingerprint density at radius 1 is 1.33 bits per heavy atom. The van der Waals surface area contributed by atoms with Gasteiger partial charge in [0.2, 0.25) is 0 Å². The molecule has 0 aromatic carbocycles. The molecule has 18 heavy (non-hydrogen) atoms. The lowest BCUT2D eigenvalue weighted by atomic mass is 9.87. The lowest BCUT2D eigenvalue weighted by molar-refractivity contribution is -0.670. The Morgan fingerprint density at radius 3 is 2.39 bits per heavy atom. The second-order valence-corrected chi connectivity index (χ2v) is 5.34. The molecule has 1 aliphatic heterocycles. The summed E-state index contributed by atoms with van der Waals surface area (Å²) < 4.78 is 3.55. The van der Waals surface area contributed by atoms with Crippen LogP contribution in [0.25, 0.3) is 0 Å². The summed E-state index contributed by atoms with van der Waals surface area (Å²) in [4.78, 5) is 14.1. The van der Waals surface area contributed by atoms with E-state index in [2.05, 4.69) is 13.8 Å². The van der Waals surface area contributed by atoms with E-state index in [1.54, 1.807) is 4.57 Å². The monoisotopic (exact) mass is 363 g/mol. The van der Waals surface area contributed by atoms with Gasteiger partial charge in [-0.15, -0.1) is 0 Å². The third-order valence-electron chi connectivity index (χ3n) is 3.74. The van der Waals surface area contributed by atoms with Gasteiger partial charge in [0, 0.05) is 13.1 Å². The van der Waals surface area contributed by atoms with E-state index in [9.17, 15) is 4.79 Å². The van der Waals surface area contributed by atoms with E-state index in [0.717, 1.165) is 37.8 Å². The summed E-state index contributed by atoms with van der Waals surface area (Å²) in [6, 6.07) is 0.104. The normalized spacial score (nSPS) is 16.8. The van der Waals surface area contributed by atoms with Crippen LogP contribution in [0.15, 0.2) is 18.7 Å². The van der Waals surface area contributed by atoms with Gasteiger partial charge < -0.3 is 28.9 Å². The number of rotatable bonds is 1. The van der Waals surface area contributed by atoms with Gasteiger partial charge in [-0.3, -0.25) is 0 Å². The van der Waals surface area contributed by atoms with Gasteiger partial charge >= 0.3 is 6.03 Å². The number of hydrogen-bond donors (Lipinski definition) is 0. The number of amides is 1. The molecular formula is C13H22IN3O. The first kappa shape index (κ1) is 15.5. The highest BCUT2D eigenvalue weighted by Crippen LogP contribution is 2.24. The smallest absolute Gasteiger partial charge is 0.415 e. The SMILES string of the molecule is CC(C)C1CCN(C(=O)n2cc[n+](C)c2)CC1.[I-]. The van der Waals surface area contributed by atoms with Crippen molar-refractivity contribution >= 4 is 6.03 Å². The summed E-state index contributed by atoms with van der Waals surface area (Å²) in [5.74, 6) is 1.51. The molecule has 0 spiro atoms. The number of aryl methyl sites for hydroxylation is 1. The van der Waals surface area contributed by atoms with E-state index in [1.165, 1.54) is 0 Å². The molecule has 2 heterocycles. The van der Waals surface area contributed by atoms with Crippen LogP contribution in [0.3, 0.4) is 0 Å². The number of nitrogens with zero attached hydrogens (tertiary/aromatic N) is 3. The fourth-order valence-electron chi connectivity index (χ4n) is 2.48. The zero-order valence-electron chi connectivity index (χ0n) is 11.3. The first-order valence-corrected chi connectivity index (χ1v) is 6.40. The van der Waals surface area contributed by atoms with Gasteiger partial charge in [0.25, 0.3) is 6.33 Å². The minimum absolute atomic E-state index is 0. The molecule has 0 N–H and O–H groups in total. The first-order valence-electron chi connectivity index (χ1n) is 6.40. The molecule has 0 atom stereocenters. The second kappa shape index (κ2) is 6.54. The van der Waals surface area contributed by atoms with Gasteiger partial charge in [-0.1, -0.05) is 13.8 Å². The van der Waals surface area contributed by atoms with E-state index in [0.29, 0.717) is 0 Å². The Bertz CT molecular complexity index is 395. The zero-order chi connectivity index (χ0) is 12.4. The number of aromatic nitrogens is 2. The van der Waals surface area contributed by atoms with Crippen LogP contribution in [0.2, 0.25) is 0 Å². The van der Waals surface area contributed by atoms with Crippen molar-refractivity contribution in [3.05, 3.63) is 18.7 Å². The standard InChI is InChI=1S/C13H22N3O.HI/c1-11(2)12-4-6-15(7-5-12)13(17)16-9-8-14(3)10-16;/h8-12H,4-7H2,1-3H3;1H/q+1;/p-1. The maximum Gasteiger partial charge on any atom is 0.415 e. The van der Waals surface area contributed by atoms with Crippen LogP contribution in [-0.2, 0) is 7.05 Å². The highest BCUT2D eigenvalue weighted by Gasteiger charge is 2.27. The summed E-state index contributed by atoms with van der Waals surface area (Å²) in [6.45, 7) is 6.33. The average molecular weight is 363 g/mol. The average Bonchev–Trinajstić information content (AvgIpc) is 2.75. The predicted molar refractivity (Wildman–Crippen MR) is 65.5 cm³/mol. The maximum atomic E-state index is 12.2. The van der Waals surface area contributed by atoms with Crippen molar-refractivity contribution in [2.75, 3.05) is 13.1 Å². The van der Waals surface area contributed by atoms with Crippen molar-refractivity contribution in [2.45, 2.75) is 26.7 Å². The predicted octanol–water partition coefficient (Wildman–Crippen LogP) is -1.35. The van der Waals surface area contributed by atoms with E-state index in [4.69, 9.17) is 0 Å². The van der Waals surface area contributed by atoms with Gasteiger partial charge in [-0.25, -0.2) is 9.36 Å². The second-order valence-electron chi connectivity index (χ2n) is 5.34. The lowest BCUT2D eigenvalue weighted by Gasteiger charge is -2.32. The minimum atomic E-state index is 0. The summed E-state index contributed by atoms with van der Waals surface area (Å²) in [6.07, 6.45) is 7.79. The van der Waals surface area contributed by atoms with Crippen LogP contribution in [0.5, 0.6) is 0 Å². The number of carbonyl (C=O) groups excluding carboxylic acids is 1. The molecule has 1 fully saturated rings. The molecule has 1 aromatic heterocycles. The summed E-state index contributed by atoms with van der Waals surface area (Å²) >= 11 is 0. The van der Waals surface area contributed by atoms with Gasteiger partial charge in [-0.05, 0) is 24.7 Å². The summed E-state index contributed by atoms with van der Waals surface area (Å²) in [5, 5.41) is 0. The number of piperidine rings is 1. The molecule has 0 saturated carbocycles. The topological polar surface area (TPSA) is 29.1 Å². The zero-order valence-corrected chi connectivity index (χ0v) is 13.5. The van der Waals surface area contributed by atoms with Crippen LogP contribution in [0, 0.1) is 11.8 Å². The van der Waals surface area contributed by atoms with E-state index in [1.807, 2.05) is 35.2 Å². The highest BCUT2D eigenvalue weighted by molar-refractivity contribution is 5.76. The Balaban J connectivity index is 0.00000162. The van der Waals surface area contributed by atoms with Crippen molar-refractivity contribution in [1.29, 1.82) is 0 Å². The Morgan fingerprint density at radius 2 is 1.94 bits per heavy atom. The summed E-state index contributed by atoms with van der Waals surface area (Å²) in [5.41, 5.74) is 0. The Hall–Kier alpha value is -0.590. The van der Waals surface area contributed by atoms with Crippen molar-refractivity contribution in [3.8, 4) is 0 Å². The molecule has 5 heteroatoms. The Kier molecular flexibility index (Phi) is 5.62. The van der Waals surface area contributed by atoms with Crippen LogP contribution in [-0.4, -0.2) is 28.6 Å². The maximum absolute atomic E-state index is 12.2. The molecule has 4 nitrogen and oxygen atoms in total.